The van der Waals surface area contributed by atoms with Gasteiger partial charge < -0.3 is 10.6 Å². The van der Waals surface area contributed by atoms with Gasteiger partial charge in [-0.05, 0) is 31.0 Å². The van der Waals surface area contributed by atoms with Crippen molar-refractivity contribution in [3.05, 3.63) is 59.5 Å². The van der Waals surface area contributed by atoms with E-state index < -0.39 is 17.8 Å². The zero-order valence-corrected chi connectivity index (χ0v) is 14.6. The van der Waals surface area contributed by atoms with Crippen molar-refractivity contribution in [1.82, 2.24) is 19.9 Å². The minimum atomic E-state index is -4.65. The number of aromatic nitrogens is 3. The molecule has 0 saturated carbocycles. The molecule has 3 aromatic rings. The second-order valence-corrected chi connectivity index (χ2v) is 6.57. The molecule has 0 radical (unpaired) electrons. The van der Waals surface area contributed by atoms with Gasteiger partial charge in [-0.3, -0.25) is 4.79 Å². The van der Waals surface area contributed by atoms with Crippen LogP contribution in [0.25, 0.3) is 11.0 Å². The van der Waals surface area contributed by atoms with Crippen molar-refractivity contribution in [3.8, 4) is 0 Å². The van der Waals surface area contributed by atoms with Crippen molar-refractivity contribution >= 4 is 22.8 Å². The third-order valence-corrected chi connectivity index (χ3v) is 4.83. The lowest BCUT2D eigenvalue weighted by atomic mass is 10.0. The lowest BCUT2D eigenvalue weighted by molar-refractivity contribution is -0.136. The van der Waals surface area contributed by atoms with Gasteiger partial charge in [0.1, 0.15) is 12.1 Å². The molecule has 9 heteroatoms. The molecular formula is C19H16F3N5O. The number of pyridine rings is 1. The normalized spacial score (nSPS) is 17.2. The number of nitrogens with zero attached hydrogens (tertiary/aromatic N) is 4. The van der Waals surface area contributed by atoms with Gasteiger partial charge in [0.05, 0.1) is 22.7 Å². The molecule has 0 spiro atoms. The highest BCUT2D eigenvalue weighted by atomic mass is 19.4. The first-order chi connectivity index (χ1) is 13.4. The Hall–Kier alpha value is -3.23. The summed E-state index contributed by atoms with van der Waals surface area (Å²) in [6.07, 6.45) is -2.37. The van der Waals surface area contributed by atoms with Crippen LogP contribution in [0.3, 0.4) is 0 Å². The fourth-order valence-corrected chi connectivity index (χ4v) is 3.57. The summed E-state index contributed by atoms with van der Waals surface area (Å²) >= 11 is 0. The van der Waals surface area contributed by atoms with Crippen LogP contribution in [0.4, 0.5) is 19.0 Å². The minimum absolute atomic E-state index is 0.128. The average Bonchev–Trinajstić information content (AvgIpc) is 3.16. The van der Waals surface area contributed by atoms with Crippen molar-refractivity contribution in [2.75, 3.05) is 12.3 Å². The second kappa shape index (κ2) is 6.74. The average molecular weight is 387 g/mol. The fourth-order valence-electron chi connectivity index (χ4n) is 3.57. The maximum Gasteiger partial charge on any atom is 0.417 e. The van der Waals surface area contributed by atoms with Gasteiger partial charge in [-0.25, -0.2) is 15.0 Å². The Morgan fingerprint density at radius 3 is 2.64 bits per heavy atom. The van der Waals surface area contributed by atoms with E-state index in [1.54, 1.807) is 35.2 Å². The molecule has 6 nitrogen and oxygen atoms in total. The Bertz CT molecular complexity index is 1040. The Morgan fingerprint density at radius 2 is 1.93 bits per heavy atom. The summed E-state index contributed by atoms with van der Waals surface area (Å²) in [6, 6.07) is 9.05. The van der Waals surface area contributed by atoms with Gasteiger partial charge in [0, 0.05) is 12.1 Å². The molecule has 1 atom stereocenters. The van der Waals surface area contributed by atoms with Crippen LogP contribution in [0.15, 0.2) is 42.7 Å². The Balaban J connectivity index is 1.81. The molecule has 1 fully saturated rings. The predicted octanol–water partition coefficient (Wildman–Crippen LogP) is 3.60. The number of hydrogen-bond donors (Lipinski definition) is 1. The summed E-state index contributed by atoms with van der Waals surface area (Å²) in [5.74, 6) is -0.513. The quantitative estimate of drug-likeness (QED) is 0.726. The molecule has 0 bridgehead atoms. The molecular weight excluding hydrogens is 371 g/mol. The van der Waals surface area contributed by atoms with Gasteiger partial charge in [-0.15, -0.1) is 0 Å². The van der Waals surface area contributed by atoms with Gasteiger partial charge in [0.2, 0.25) is 0 Å². The first-order valence-corrected chi connectivity index (χ1v) is 8.70. The van der Waals surface area contributed by atoms with Crippen LogP contribution in [-0.2, 0) is 6.18 Å². The van der Waals surface area contributed by atoms with E-state index in [0.717, 1.165) is 12.4 Å². The summed E-state index contributed by atoms with van der Waals surface area (Å²) < 4.78 is 41.0. The van der Waals surface area contributed by atoms with Gasteiger partial charge in [-0.1, -0.05) is 18.2 Å². The summed E-state index contributed by atoms with van der Waals surface area (Å²) in [6.45, 7) is 0.450. The number of amides is 1. The van der Waals surface area contributed by atoms with Crippen LogP contribution >= 0.6 is 0 Å². The molecule has 2 aromatic heterocycles. The topological polar surface area (TPSA) is 85.0 Å². The molecule has 4 rings (SSSR count). The minimum Gasteiger partial charge on any atom is -0.383 e. The number of hydrogen-bond acceptors (Lipinski definition) is 5. The number of fused-ring (bicyclic) bond motifs is 1. The number of alkyl halides is 3. The predicted molar refractivity (Wildman–Crippen MR) is 96.2 cm³/mol. The monoisotopic (exact) mass is 387 g/mol. The number of benzene rings is 1. The lowest BCUT2D eigenvalue weighted by Gasteiger charge is -2.25. The van der Waals surface area contributed by atoms with E-state index >= 15 is 0 Å². The number of likely N-dealkylation sites (tertiary alicyclic amines) is 1. The van der Waals surface area contributed by atoms with E-state index in [4.69, 9.17) is 5.73 Å². The van der Waals surface area contributed by atoms with E-state index in [0.29, 0.717) is 24.9 Å². The molecule has 1 aliphatic heterocycles. The molecule has 0 aliphatic carbocycles. The summed E-state index contributed by atoms with van der Waals surface area (Å²) in [5, 5.41) is -0.322. The first kappa shape index (κ1) is 18.1. The standard InChI is InChI=1S/C19H16F3N5O/c20-19(21,22)12-9-13(26-17-15(12)16(23)24-10-25-17)14-7-4-8-27(14)18(28)11-5-2-1-3-6-11/h1-3,5-6,9-10,14H,4,7-8H2,(H2,23,24,25,26). The number of rotatable bonds is 2. The molecule has 1 saturated heterocycles. The first-order valence-electron chi connectivity index (χ1n) is 8.70. The van der Waals surface area contributed by atoms with E-state index in [2.05, 4.69) is 15.0 Å². The van der Waals surface area contributed by atoms with Crippen LogP contribution in [-0.4, -0.2) is 32.3 Å². The van der Waals surface area contributed by atoms with Gasteiger partial charge in [0.25, 0.3) is 5.91 Å². The molecule has 28 heavy (non-hydrogen) atoms. The largest absolute Gasteiger partial charge is 0.417 e. The lowest BCUT2D eigenvalue weighted by Crippen LogP contribution is -2.31. The second-order valence-electron chi connectivity index (χ2n) is 6.57. The van der Waals surface area contributed by atoms with Crippen molar-refractivity contribution < 1.29 is 18.0 Å². The molecule has 2 N–H and O–H groups in total. The summed E-state index contributed by atoms with van der Waals surface area (Å²) in [4.78, 5) is 26.2. The van der Waals surface area contributed by atoms with E-state index in [9.17, 15) is 18.0 Å². The number of anilines is 1. The van der Waals surface area contributed by atoms with Gasteiger partial charge in [-0.2, -0.15) is 13.2 Å². The van der Waals surface area contributed by atoms with E-state index in [1.807, 2.05) is 0 Å². The number of carbonyl (C=O) groups is 1. The van der Waals surface area contributed by atoms with Crippen LogP contribution in [0, 0.1) is 0 Å². The third-order valence-electron chi connectivity index (χ3n) is 4.83. The molecule has 3 heterocycles. The van der Waals surface area contributed by atoms with E-state index in [1.165, 1.54) is 0 Å². The number of nitrogen functional groups attached to an aromatic ring is 1. The maximum absolute atomic E-state index is 13.7. The van der Waals surface area contributed by atoms with Crippen LogP contribution in [0.2, 0.25) is 0 Å². The number of carbonyl (C=O) groups excluding carboxylic acids is 1. The zero-order valence-electron chi connectivity index (χ0n) is 14.6. The molecule has 1 amide bonds. The molecule has 1 unspecified atom stereocenters. The Kier molecular flexibility index (Phi) is 4.37. The van der Waals surface area contributed by atoms with Crippen molar-refractivity contribution in [2.24, 2.45) is 0 Å². The fraction of sp³-hybridized carbons (Fsp3) is 0.263. The SMILES string of the molecule is Nc1ncnc2nc(C3CCCN3C(=O)c3ccccc3)cc(C(F)(F)F)c12. The van der Waals surface area contributed by atoms with Gasteiger partial charge >= 0.3 is 6.18 Å². The van der Waals surface area contributed by atoms with Crippen LogP contribution in [0.5, 0.6) is 0 Å². The Morgan fingerprint density at radius 1 is 1.18 bits per heavy atom. The van der Waals surface area contributed by atoms with Gasteiger partial charge in [0.15, 0.2) is 5.65 Å². The molecule has 1 aliphatic rings. The Labute approximate surface area is 158 Å². The number of nitrogens with two attached hydrogens (primary N) is 1. The molecule has 1 aromatic carbocycles. The van der Waals surface area contributed by atoms with Crippen LogP contribution < -0.4 is 5.73 Å². The maximum atomic E-state index is 13.7. The highest BCUT2D eigenvalue weighted by Gasteiger charge is 2.38. The van der Waals surface area contributed by atoms with Crippen LogP contribution in [0.1, 0.15) is 40.5 Å². The van der Waals surface area contributed by atoms with E-state index in [-0.39, 0.29) is 28.5 Å². The third kappa shape index (κ3) is 3.12. The molecule has 144 valence electrons. The smallest absolute Gasteiger partial charge is 0.383 e. The highest BCUT2D eigenvalue weighted by Crippen LogP contribution is 2.39. The van der Waals surface area contributed by atoms with Crippen molar-refractivity contribution in [3.63, 3.8) is 0 Å². The van der Waals surface area contributed by atoms with Crippen molar-refractivity contribution in [2.45, 2.75) is 25.1 Å². The zero-order chi connectivity index (χ0) is 19.9. The summed E-state index contributed by atoms with van der Waals surface area (Å²) in [5.41, 5.74) is 5.22. The van der Waals surface area contributed by atoms with Crippen molar-refractivity contribution in [1.29, 1.82) is 0 Å². The number of halogens is 3. The highest BCUT2D eigenvalue weighted by molar-refractivity contribution is 5.95. The summed E-state index contributed by atoms with van der Waals surface area (Å²) in [7, 11) is 0.